The molecule has 0 atom stereocenters. The Morgan fingerprint density at radius 2 is 1.95 bits per heavy atom. The highest BCUT2D eigenvalue weighted by Gasteiger charge is 2.07. The van der Waals surface area contributed by atoms with E-state index in [1.807, 2.05) is 0 Å². The van der Waals surface area contributed by atoms with Crippen LogP contribution in [-0.4, -0.2) is 16.9 Å². The topological polar surface area (TPSA) is 63.6 Å². The van der Waals surface area contributed by atoms with E-state index in [0.29, 0.717) is 22.8 Å². The SMILES string of the molecule is CC(=O)c1ccc(OCc2csc(C(=O)O)c2)cc1. The van der Waals surface area contributed by atoms with Crippen molar-refractivity contribution in [2.45, 2.75) is 13.5 Å². The maximum Gasteiger partial charge on any atom is 0.345 e. The molecule has 0 bridgehead atoms. The van der Waals surface area contributed by atoms with Crippen LogP contribution >= 0.6 is 11.3 Å². The van der Waals surface area contributed by atoms with Crippen molar-refractivity contribution in [2.24, 2.45) is 0 Å². The lowest BCUT2D eigenvalue weighted by molar-refractivity contribution is 0.0702. The molecule has 98 valence electrons. The minimum Gasteiger partial charge on any atom is -0.489 e. The first-order valence-corrected chi connectivity index (χ1v) is 6.49. The van der Waals surface area contributed by atoms with E-state index in [1.165, 1.54) is 18.3 Å². The zero-order valence-electron chi connectivity index (χ0n) is 10.3. The molecule has 0 amide bonds. The Balaban J connectivity index is 1.97. The summed E-state index contributed by atoms with van der Waals surface area (Å²) in [6, 6.07) is 8.45. The lowest BCUT2D eigenvalue weighted by atomic mass is 10.1. The third-order valence-electron chi connectivity index (χ3n) is 2.53. The molecule has 5 heteroatoms. The number of rotatable bonds is 5. The number of ether oxygens (including phenoxy) is 1. The molecule has 0 saturated carbocycles. The summed E-state index contributed by atoms with van der Waals surface area (Å²) >= 11 is 1.17. The van der Waals surface area contributed by atoms with E-state index in [0.717, 1.165) is 5.56 Å². The van der Waals surface area contributed by atoms with Gasteiger partial charge >= 0.3 is 5.97 Å². The molecule has 2 rings (SSSR count). The van der Waals surface area contributed by atoms with Gasteiger partial charge in [-0.15, -0.1) is 11.3 Å². The van der Waals surface area contributed by atoms with Gasteiger partial charge in [0.15, 0.2) is 5.78 Å². The summed E-state index contributed by atoms with van der Waals surface area (Å²) in [4.78, 5) is 22.1. The van der Waals surface area contributed by atoms with Crippen molar-refractivity contribution < 1.29 is 19.4 Å². The Morgan fingerprint density at radius 3 is 2.47 bits per heavy atom. The number of carboxylic acid groups (broad SMARTS) is 1. The number of carbonyl (C=O) groups is 2. The zero-order valence-corrected chi connectivity index (χ0v) is 11.1. The van der Waals surface area contributed by atoms with Gasteiger partial charge in [0, 0.05) is 11.1 Å². The first kappa shape index (κ1) is 13.3. The van der Waals surface area contributed by atoms with Crippen molar-refractivity contribution in [3.05, 3.63) is 51.7 Å². The quantitative estimate of drug-likeness (QED) is 0.852. The molecule has 19 heavy (non-hydrogen) atoms. The number of carboxylic acids is 1. The number of hydrogen-bond donors (Lipinski definition) is 1. The summed E-state index contributed by atoms with van der Waals surface area (Å²) in [5, 5.41) is 10.6. The second-order valence-electron chi connectivity index (χ2n) is 3.99. The van der Waals surface area contributed by atoms with Gasteiger partial charge in [-0.3, -0.25) is 4.79 Å². The molecule has 1 heterocycles. The lowest BCUT2D eigenvalue weighted by Crippen LogP contribution is -1.96. The minimum atomic E-state index is -0.929. The number of carbonyl (C=O) groups excluding carboxylic acids is 1. The van der Waals surface area contributed by atoms with Crippen LogP contribution in [0.1, 0.15) is 32.5 Å². The number of Topliss-reactive ketones (excluding diaryl/α,β-unsaturated/α-hetero) is 1. The van der Waals surface area contributed by atoms with E-state index in [4.69, 9.17) is 9.84 Å². The first-order chi connectivity index (χ1) is 9.06. The molecule has 1 N–H and O–H groups in total. The Morgan fingerprint density at radius 1 is 1.26 bits per heavy atom. The molecule has 0 unspecified atom stereocenters. The third-order valence-corrected chi connectivity index (χ3v) is 3.50. The highest BCUT2D eigenvalue weighted by molar-refractivity contribution is 7.12. The molecule has 4 nitrogen and oxygen atoms in total. The molecule has 1 aromatic carbocycles. The minimum absolute atomic E-state index is 0.00971. The van der Waals surface area contributed by atoms with Crippen LogP contribution in [0.3, 0.4) is 0 Å². The number of ketones is 1. The van der Waals surface area contributed by atoms with Gasteiger partial charge in [-0.05, 0) is 42.6 Å². The van der Waals surface area contributed by atoms with Gasteiger partial charge in [0.05, 0.1) is 0 Å². The summed E-state index contributed by atoms with van der Waals surface area (Å²) in [6.07, 6.45) is 0. The fraction of sp³-hybridized carbons (Fsp3) is 0.143. The van der Waals surface area contributed by atoms with E-state index >= 15 is 0 Å². The molecule has 0 spiro atoms. The van der Waals surface area contributed by atoms with Gasteiger partial charge < -0.3 is 9.84 Å². The smallest absolute Gasteiger partial charge is 0.345 e. The number of thiophene rings is 1. The molecule has 0 aliphatic heterocycles. The Kier molecular flexibility index (Phi) is 3.97. The lowest BCUT2D eigenvalue weighted by Gasteiger charge is -2.05. The summed E-state index contributed by atoms with van der Waals surface area (Å²) in [5.41, 5.74) is 1.45. The van der Waals surface area contributed by atoms with Gasteiger partial charge in [-0.25, -0.2) is 4.79 Å². The molecule has 2 aromatic rings. The van der Waals surface area contributed by atoms with Crippen LogP contribution in [0.4, 0.5) is 0 Å². The van der Waals surface area contributed by atoms with Gasteiger partial charge in [0.25, 0.3) is 0 Å². The Bertz CT molecular complexity index is 598. The standard InChI is InChI=1S/C14H12O4S/c1-9(15)11-2-4-12(5-3-11)18-7-10-6-13(14(16)17)19-8-10/h2-6,8H,7H2,1H3,(H,16,17). The second kappa shape index (κ2) is 5.67. The van der Waals surface area contributed by atoms with Gasteiger partial charge in [-0.2, -0.15) is 0 Å². The molecule has 0 aliphatic rings. The molecular formula is C14H12O4S. The zero-order chi connectivity index (χ0) is 13.8. The largest absolute Gasteiger partial charge is 0.489 e. The van der Waals surface area contributed by atoms with Crippen LogP contribution < -0.4 is 4.74 Å². The second-order valence-corrected chi connectivity index (χ2v) is 4.90. The van der Waals surface area contributed by atoms with Crippen LogP contribution in [-0.2, 0) is 6.61 Å². The van der Waals surface area contributed by atoms with Crippen LogP contribution in [0, 0.1) is 0 Å². The van der Waals surface area contributed by atoms with E-state index < -0.39 is 5.97 Å². The maximum absolute atomic E-state index is 11.1. The summed E-state index contributed by atoms with van der Waals surface area (Å²) in [5.74, 6) is -0.273. The predicted octanol–water partition coefficient (Wildman–Crippen LogP) is 3.23. The van der Waals surface area contributed by atoms with Crippen LogP contribution in [0.5, 0.6) is 5.75 Å². The third kappa shape index (κ3) is 3.42. The van der Waals surface area contributed by atoms with Gasteiger partial charge in [0.2, 0.25) is 0 Å². The Hall–Kier alpha value is -2.14. The number of aromatic carboxylic acids is 1. The molecule has 0 radical (unpaired) electrons. The van der Waals surface area contributed by atoms with Crippen molar-refractivity contribution in [2.75, 3.05) is 0 Å². The highest BCUT2D eigenvalue weighted by Crippen LogP contribution is 2.18. The fourth-order valence-corrected chi connectivity index (χ4v) is 2.25. The van der Waals surface area contributed by atoms with Crippen LogP contribution in [0.15, 0.2) is 35.7 Å². The number of hydrogen-bond acceptors (Lipinski definition) is 4. The molecule has 1 aromatic heterocycles. The maximum atomic E-state index is 11.1. The van der Waals surface area contributed by atoms with Crippen LogP contribution in [0.25, 0.3) is 0 Å². The first-order valence-electron chi connectivity index (χ1n) is 5.61. The van der Waals surface area contributed by atoms with E-state index in [1.54, 1.807) is 35.7 Å². The van der Waals surface area contributed by atoms with Gasteiger partial charge in [-0.1, -0.05) is 0 Å². The highest BCUT2D eigenvalue weighted by atomic mass is 32.1. The summed E-state index contributed by atoms with van der Waals surface area (Å²) in [7, 11) is 0. The average Bonchev–Trinajstić information content (AvgIpc) is 2.86. The summed E-state index contributed by atoms with van der Waals surface area (Å²) < 4.78 is 5.52. The fourth-order valence-electron chi connectivity index (χ4n) is 1.52. The molecular weight excluding hydrogens is 264 g/mol. The monoisotopic (exact) mass is 276 g/mol. The van der Waals surface area contributed by atoms with Crippen molar-refractivity contribution in [3.63, 3.8) is 0 Å². The van der Waals surface area contributed by atoms with Crippen molar-refractivity contribution in [1.82, 2.24) is 0 Å². The summed E-state index contributed by atoms with van der Waals surface area (Å²) in [6.45, 7) is 1.82. The van der Waals surface area contributed by atoms with Crippen molar-refractivity contribution in [1.29, 1.82) is 0 Å². The van der Waals surface area contributed by atoms with Crippen molar-refractivity contribution >= 4 is 23.1 Å². The molecule has 0 saturated heterocycles. The normalized spacial score (nSPS) is 10.2. The van der Waals surface area contributed by atoms with E-state index in [-0.39, 0.29) is 5.78 Å². The van der Waals surface area contributed by atoms with Crippen molar-refractivity contribution in [3.8, 4) is 5.75 Å². The predicted molar refractivity (Wildman–Crippen MR) is 72.1 cm³/mol. The van der Waals surface area contributed by atoms with Crippen LogP contribution in [0.2, 0.25) is 0 Å². The van der Waals surface area contributed by atoms with E-state index in [9.17, 15) is 9.59 Å². The number of benzene rings is 1. The Labute approximate surface area is 114 Å². The average molecular weight is 276 g/mol. The van der Waals surface area contributed by atoms with E-state index in [2.05, 4.69) is 0 Å². The molecule has 0 fully saturated rings. The van der Waals surface area contributed by atoms with Gasteiger partial charge in [0.1, 0.15) is 17.2 Å². The molecule has 0 aliphatic carbocycles.